The van der Waals surface area contributed by atoms with Crippen LogP contribution in [0.3, 0.4) is 0 Å². The van der Waals surface area contributed by atoms with Crippen LogP contribution in [-0.4, -0.2) is 31.1 Å². The van der Waals surface area contributed by atoms with E-state index in [4.69, 9.17) is 23.2 Å². The van der Waals surface area contributed by atoms with E-state index in [-0.39, 0.29) is 6.04 Å². The molecule has 0 bridgehead atoms. The maximum atomic E-state index is 6.57. The van der Waals surface area contributed by atoms with Crippen molar-refractivity contribution in [2.24, 2.45) is 0 Å². The molecular weight excluding hydrogens is 327 g/mol. The number of rotatable bonds is 3. The number of benzene rings is 2. The number of piperazine rings is 1. The van der Waals surface area contributed by atoms with E-state index in [1.54, 1.807) is 0 Å². The molecule has 1 heterocycles. The van der Waals surface area contributed by atoms with E-state index in [1.807, 2.05) is 12.1 Å². The minimum Gasteiger partial charge on any atom is -0.314 e. The molecule has 0 saturated carbocycles. The summed E-state index contributed by atoms with van der Waals surface area (Å²) in [5.41, 5.74) is 4.97. The number of aryl methyl sites for hydroxylation is 2. The van der Waals surface area contributed by atoms with Crippen LogP contribution in [0.1, 0.15) is 28.3 Å². The molecule has 1 atom stereocenters. The second-order valence-corrected chi connectivity index (χ2v) is 6.98. The van der Waals surface area contributed by atoms with Crippen molar-refractivity contribution in [1.29, 1.82) is 0 Å². The molecule has 1 N–H and O–H groups in total. The van der Waals surface area contributed by atoms with E-state index < -0.39 is 0 Å². The molecule has 0 spiro atoms. The molecule has 4 heteroatoms. The molecule has 23 heavy (non-hydrogen) atoms. The SMILES string of the molecule is Cc1ccc(C(c2cccc(Cl)c2Cl)N2CCNCC2)c(C)c1. The molecule has 2 aromatic carbocycles. The van der Waals surface area contributed by atoms with Gasteiger partial charge in [0.05, 0.1) is 16.1 Å². The fraction of sp³-hybridized carbons (Fsp3) is 0.368. The number of hydrogen-bond donors (Lipinski definition) is 1. The lowest BCUT2D eigenvalue weighted by molar-refractivity contribution is 0.198. The molecule has 0 aliphatic carbocycles. The van der Waals surface area contributed by atoms with Crippen molar-refractivity contribution in [2.45, 2.75) is 19.9 Å². The quantitative estimate of drug-likeness (QED) is 0.871. The van der Waals surface area contributed by atoms with Crippen LogP contribution < -0.4 is 5.32 Å². The van der Waals surface area contributed by atoms with Crippen molar-refractivity contribution in [3.8, 4) is 0 Å². The summed E-state index contributed by atoms with van der Waals surface area (Å²) >= 11 is 12.9. The van der Waals surface area contributed by atoms with Gasteiger partial charge in [0, 0.05) is 26.2 Å². The summed E-state index contributed by atoms with van der Waals surface area (Å²) in [7, 11) is 0. The summed E-state index contributed by atoms with van der Waals surface area (Å²) in [6.45, 7) is 8.31. The van der Waals surface area contributed by atoms with Crippen LogP contribution in [0.2, 0.25) is 10.0 Å². The van der Waals surface area contributed by atoms with Gasteiger partial charge in [0.25, 0.3) is 0 Å². The minimum absolute atomic E-state index is 0.142. The van der Waals surface area contributed by atoms with Gasteiger partial charge in [0.2, 0.25) is 0 Å². The third-order valence-electron chi connectivity index (χ3n) is 4.51. The van der Waals surface area contributed by atoms with E-state index in [1.165, 1.54) is 16.7 Å². The lowest BCUT2D eigenvalue weighted by atomic mass is 9.92. The van der Waals surface area contributed by atoms with Crippen LogP contribution in [0, 0.1) is 13.8 Å². The first-order valence-electron chi connectivity index (χ1n) is 8.04. The van der Waals surface area contributed by atoms with E-state index >= 15 is 0 Å². The van der Waals surface area contributed by atoms with Gasteiger partial charge in [-0.25, -0.2) is 0 Å². The maximum Gasteiger partial charge on any atom is 0.0643 e. The fourth-order valence-electron chi connectivity index (χ4n) is 3.37. The summed E-state index contributed by atoms with van der Waals surface area (Å²) in [5.74, 6) is 0. The van der Waals surface area contributed by atoms with Gasteiger partial charge in [-0.1, -0.05) is 59.1 Å². The van der Waals surface area contributed by atoms with Crippen LogP contribution >= 0.6 is 23.2 Å². The van der Waals surface area contributed by atoms with Gasteiger partial charge in [-0.2, -0.15) is 0 Å². The standard InChI is InChI=1S/C19H22Cl2N2/c1-13-6-7-15(14(2)12-13)19(23-10-8-22-9-11-23)16-4-3-5-17(20)18(16)21/h3-7,12,19,22H,8-11H2,1-2H3. The Morgan fingerprint density at radius 3 is 2.43 bits per heavy atom. The summed E-state index contributed by atoms with van der Waals surface area (Å²) in [4.78, 5) is 2.49. The third-order valence-corrected chi connectivity index (χ3v) is 5.35. The minimum atomic E-state index is 0.142. The monoisotopic (exact) mass is 348 g/mol. The Morgan fingerprint density at radius 1 is 1.00 bits per heavy atom. The van der Waals surface area contributed by atoms with Gasteiger partial charge in [-0.15, -0.1) is 0 Å². The molecule has 1 aliphatic heterocycles. The predicted molar refractivity (Wildman–Crippen MR) is 98.7 cm³/mol. The second kappa shape index (κ2) is 7.23. The Balaban J connectivity index is 2.11. The van der Waals surface area contributed by atoms with Crippen LogP contribution in [0.5, 0.6) is 0 Å². The third kappa shape index (κ3) is 3.56. The van der Waals surface area contributed by atoms with Crippen molar-refractivity contribution in [1.82, 2.24) is 10.2 Å². The molecule has 2 aromatic rings. The molecule has 0 amide bonds. The van der Waals surface area contributed by atoms with Crippen molar-refractivity contribution in [2.75, 3.05) is 26.2 Å². The number of halogens is 2. The van der Waals surface area contributed by atoms with E-state index in [0.717, 1.165) is 31.7 Å². The first-order chi connectivity index (χ1) is 11.1. The maximum absolute atomic E-state index is 6.57. The van der Waals surface area contributed by atoms with Gasteiger partial charge in [0.1, 0.15) is 0 Å². The largest absolute Gasteiger partial charge is 0.314 e. The Bertz CT molecular complexity index is 694. The molecular formula is C19H22Cl2N2. The second-order valence-electron chi connectivity index (χ2n) is 6.19. The van der Waals surface area contributed by atoms with Crippen molar-refractivity contribution in [3.63, 3.8) is 0 Å². The summed E-state index contributed by atoms with van der Waals surface area (Å²) in [6.07, 6.45) is 0. The Kier molecular flexibility index (Phi) is 5.27. The van der Waals surface area contributed by atoms with Gasteiger partial charge in [0.15, 0.2) is 0 Å². The zero-order valence-electron chi connectivity index (χ0n) is 13.6. The molecule has 122 valence electrons. The van der Waals surface area contributed by atoms with Gasteiger partial charge >= 0.3 is 0 Å². The Morgan fingerprint density at radius 2 is 1.74 bits per heavy atom. The average molecular weight is 349 g/mol. The van der Waals surface area contributed by atoms with Gasteiger partial charge < -0.3 is 5.32 Å². The summed E-state index contributed by atoms with van der Waals surface area (Å²) in [5, 5.41) is 4.71. The lowest BCUT2D eigenvalue weighted by Gasteiger charge is -2.36. The van der Waals surface area contributed by atoms with Crippen LogP contribution in [0.4, 0.5) is 0 Å². The Hall–Kier alpha value is -1.06. The molecule has 1 aliphatic rings. The number of nitrogens with zero attached hydrogens (tertiary/aromatic N) is 1. The first kappa shape index (κ1) is 16.8. The molecule has 0 radical (unpaired) electrons. The summed E-state index contributed by atoms with van der Waals surface area (Å²) in [6, 6.07) is 12.7. The number of hydrogen-bond acceptors (Lipinski definition) is 2. The zero-order valence-corrected chi connectivity index (χ0v) is 15.1. The van der Waals surface area contributed by atoms with E-state index in [0.29, 0.717) is 10.0 Å². The van der Waals surface area contributed by atoms with Crippen LogP contribution in [0.15, 0.2) is 36.4 Å². The normalized spacial score (nSPS) is 17.2. The average Bonchev–Trinajstić information content (AvgIpc) is 2.54. The summed E-state index contributed by atoms with van der Waals surface area (Å²) < 4.78 is 0. The predicted octanol–water partition coefficient (Wildman–Crippen LogP) is 4.60. The van der Waals surface area contributed by atoms with Gasteiger partial charge in [-0.05, 0) is 36.6 Å². The molecule has 0 aromatic heterocycles. The number of nitrogens with one attached hydrogen (secondary N) is 1. The van der Waals surface area contributed by atoms with Crippen molar-refractivity contribution in [3.05, 3.63) is 68.7 Å². The smallest absolute Gasteiger partial charge is 0.0643 e. The van der Waals surface area contributed by atoms with Crippen LogP contribution in [-0.2, 0) is 0 Å². The van der Waals surface area contributed by atoms with Crippen molar-refractivity contribution >= 4 is 23.2 Å². The molecule has 1 fully saturated rings. The Labute approximate surface area is 148 Å². The highest BCUT2D eigenvalue weighted by Gasteiger charge is 2.27. The topological polar surface area (TPSA) is 15.3 Å². The highest BCUT2D eigenvalue weighted by Crippen LogP contribution is 2.38. The molecule has 1 saturated heterocycles. The fourth-order valence-corrected chi connectivity index (χ4v) is 3.78. The van der Waals surface area contributed by atoms with Crippen LogP contribution in [0.25, 0.3) is 0 Å². The highest BCUT2D eigenvalue weighted by atomic mass is 35.5. The molecule has 2 nitrogen and oxygen atoms in total. The van der Waals surface area contributed by atoms with E-state index in [2.05, 4.69) is 48.3 Å². The molecule has 3 rings (SSSR count). The lowest BCUT2D eigenvalue weighted by Crippen LogP contribution is -2.45. The molecule has 1 unspecified atom stereocenters. The van der Waals surface area contributed by atoms with Gasteiger partial charge in [-0.3, -0.25) is 4.90 Å². The van der Waals surface area contributed by atoms with Crippen molar-refractivity contribution < 1.29 is 0 Å². The highest BCUT2D eigenvalue weighted by molar-refractivity contribution is 6.42. The van der Waals surface area contributed by atoms with E-state index in [9.17, 15) is 0 Å². The zero-order chi connectivity index (χ0) is 16.4. The first-order valence-corrected chi connectivity index (χ1v) is 8.79.